The van der Waals surface area contributed by atoms with E-state index < -0.39 is 22.6 Å². The van der Waals surface area contributed by atoms with Gasteiger partial charge in [0, 0.05) is 6.42 Å². The second kappa shape index (κ2) is 8.33. The number of halogens is 3. The summed E-state index contributed by atoms with van der Waals surface area (Å²) in [6, 6.07) is 9.24. The van der Waals surface area contributed by atoms with E-state index in [4.69, 9.17) is 16.7 Å². The average Bonchev–Trinajstić information content (AvgIpc) is 2.55. The summed E-state index contributed by atoms with van der Waals surface area (Å²) < 4.78 is 55.6. The van der Waals surface area contributed by atoms with Crippen molar-refractivity contribution >= 4 is 33.3 Å². The molecule has 2 aromatic rings. The van der Waals surface area contributed by atoms with Crippen molar-refractivity contribution in [3.63, 3.8) is 0 Å². The first-order valence-electron chi connectivity index (χ1n) is 7.25. The summed E-state index contributed by atoms with van der Waals surface area (Å²) in [5.41, 5.74) is 0.759. The molecule has 0 heterocycles. The maximum absolute atomic E-state index is 12.4. The van der Waals surface area contributed by atoms with Crippen LogP contribution in [0.4, 0.5) is 14.5 Å². The summed E-state index contributed by atoms with van der Waals surface area (Å²) in [6.07, 6.45) is 0.222. The second-order valence-electron chi connectivity index (χ2n) is 5.17. The number of nitrogens with one attached hydrogen (secondary N) is 1. The number of ether oxygens (including phenoxy) is 1. The van der Waals surface area contributed by atoms with E-state index in [-0.39, 0.29) is 34.2 Å². The van der Waals surface area contributed by atoms with E-state index in [1.807, 2.05) is 0 Å². The molecule has 140 valence electrons. The molecule has 0 unspecified atom stereocenters. The Hall–Kier alpha value is -2.39. The third kappa shape index (κ3) is 5.57. The van der Waals surface area contributed by atoms with Crippen molar-refractivity contribution in [2.45, 2.75) is 24.3 Å². The van der Waals surface area contributed by atoms with Gasteiger partial charge < -0.3 is 9.84 Å². The summed E-state index contributed by atoms with van der Waals surface area (Å²) in [5.74, 6) is -1.22. The van der Waals surface area contributed by atoms with Gasteiger partial charge >= 0.3 is 12.6 Å². The summed E-state index contributed by atoms with van der Waals surface area (Å²) in [7, 11) is -3.93. The Labute approximate surface area is 153 Å². The van der Waals surface area contributed by atoms with E-state index in [1.54, 1.807) is 0 Å². The molecule has 0 aromatic heterocycles. The number of anilines is 1. The molecule has 0 aliphatic rings. The lowest BCUT2D eigenvalue weighted by Crippen LogP contribution is -2.13. The maximum atomic E-state index is 12.4. The number of carbonyl (C=O) groups is 1. The fourth-order valence-corrected chi connectivity index (χ4v) is 3.33. The molecule has 2 aromatic carbocycles. The van der Waals surface area contributed by atoms with Gasteiger partial charge in [-0.2, -0.15) is 8.78 Å². The van der Waals surface area contributed by atoms with Crippen molar-refractivity contribution in [1.82, 2.24) is 0 Å². The van der Waals surface area contributed by atoms with Crippen molar-refractivity contribution in [3.8, 4) is 5.75 Å². The molecule has 0 saturated carbocycles. The van der Waals surface area contributed by atoms with Crippen LogP contribution >= 0.6 is 11.6 Å². The van der Waals surface area contributed by atoms with E-state index in [0.29, 0.717) is 5.56 Å². The monoisotopic (exact) mass is 405 g/mol. The Kier molecular flexibility index (Phi) is 6.38. The topological polar surface area (TPSA) is 92.7 Å². The Bertz CT molecular complexity index is 888. The Morgan fingerprint density at radius 3 is 2.38 bits per heavy atom. The lowest BCUT2D eigenvalue weighted by molar-refractivity contribution is -0.136. The normalized spacial score (nSPS) is 11.4. The van der Waals surface area contributed by atoms with Crippen molar-refractivity contribution in [2.24, 2.45) is 0 Å². The van der Waals surface area contributed by atoms with E-state index in [9.17, 15) is 22.0 Å². The third-order valence-corrected chi connectivity index (χ3v) is 4.95. The summed E-state index contributed by atoms with van der Waals surface area (Å²) >= 11 is 5.79. The van der Waals surface area contributed by atoms with Crippen LogP contribution in [0.1, 0.15) is 12.0 Å². The number of aryl methyl sites for hydroxylation is 1. The van der Waals surface area contributed by atoms with E-state index in [2.05, 4.69) is 9.46 Å². The van der Waals surface area contributed by atoms with Gasteiger partial charge in [-0.15, -0.1) is 0 Å². The predicted octanol–water partition coefficient (Wildman–Crippen LogP) is 3.76. The molecule has 0 bridgehead atoms. The number of benzene rings is 2. The molecule has 2 N–H and O–H groups in total. The fraction of sp³-hybridized carbons (Fsp3) is 0.188. The van der Waals surface area contributed by atoms with Crippen LogP contribution in [0.3, 0.4) is 0 Å². The van der Waals surface area contributed by atoms with Gasteiger partial charge in [0.15, 0.2) is 0 Å². The number of alkyl halides is 2. The number of hydrogen-bond acceptors (Lipinski definition) is 4. The smallest absolute Gasteiger partial charge is 0.387 e. The van der Waals surface area contributed by atoms with E-state index in [0.717, 1.165) is 12.1 Å². The zero-order chi connectivity index (χ0) is 19.3. The molecule has 6 nitrogen and oxygen atoms in total. The van der Waals surface area contributed by atoms with Gasteiger partial charge in [-0.25, -0.2) is 8.42 Å². The maximum Gasteiger partial charge on any atom is 0.387 e. The van der Waals surface area contributed by atoms with Crippen molar-refractivity contribution < 1.29 is 31.8 Å². The van der Waals surface area contributed by atoms with E-state index >= 15 is 0 Å². The molecule has 0 radical (unpaired) electrons. The lowest BCUT2D eigenvalue weighted by Gasteiger charge is -2.11. The fourth-order valence-electron chi connectivity index (χ4n) is 2.06. The molecule has 0 aliphatic heterocycles. The highest BCUT2D eigenvalue weighted by atomic mass is 35.5. The summed E-state index contributed by atoms with van der Waals surface area (Å²) in [4.78, 5) is 10.5. The summed E-state index contributed by atoms with van der Waals surface area (Å²) in [6.45, 7) is -3.05. The largest absolute Gasteiger partial charge is 0.481 e. The van der Waals surface area contributed by atoms with Crippen LogP contribution in [0.15, 0.2) is 47.4 Å². The van der Waals surface area contributed by atoms with Crippen molar-refractivity contribution in [3.05, 3.63) is 53.1 Å². The molecular weight excluding hydrogens is 392 g/mol. The SMILES string of the molecule is O=C(O)CCc1ccc(S(=O)(=O)Nc2ccc(OC(F)F)c(Cl)c2)cc1. The number of carboxylic acid groups (broad SMARTS) is 1. The zero-order valence-corrected chi connectivity index (χ0v) is 14.7. The molecule has 2 rings (SSSR count). The molecule has 0 atom stereocenters. The van der Waals surface area contributed by atoms with Crippen LogP contribution in [0.2, 0.25) is 5.02 Å². The highest BCUT2D eigenvalue weighted by Crippen LogP contribution is 2.30. The van der Waals surface area contributed by atoms with Gasteiger partial charge in [0.1, 0.15) is 5.75 Å². The van der Waals surface area contributed by atoms with Crippen LogP contribution in [0.25, 0.3) is 0 Å². The van der Waals surface area contributed by atoms with Crippen LogP contribution in [-0.2, 0) is 21.2 Å². The van der Waals surface area contributed by atoms with Crippen molar-refractivity contribution in [2.75, 3.05) is 4.72 Å². The second-order valence-corrected chi connectivity index (χ2v) is 7.26. The number of aliphatic carboxylic acids is 1. The van der Waals surface area contributed by atoms with Crippen LogP contribution < -0.4 is 9.46 Å². The Morgan fingerprint density at radius 1 is 1.19 bits per heavy atom. The quantitative estimate of drug-likeness (QED) is 0.697. The zero-order valence-electron chi connectivity index (χ0n) is 13.2. The van der Waals surface area contributed by atoms with Gasteiger partial charge in [0.05, 0.1) is 15.6 Å². The minimum absolute atomic E-state index is 0.0411. The molecule has 0 amide bonds. The highest BCUT2D eigenvalue weighted by Gasteiger charge is 2.16. The third-order valence-electron chi connectivity index (χ3n) is 3.26. The number of sulfonamides is 1. The molecule has 26 heavy (non-hydrogen) atoms. The van der Waals surface area contributed by atoms with Crippen LogP contribution in [-0.4, -0.2) is 26.1 Å². The molecule has 0 fully saturated rings. The molecule has 0 aliphatic carbocycles. The van der Waals surface area contributed by atoms with Gasteiger partial charge in [-0.1, -0.05) is 23.7 Å². The first-order chi connectivity index (χ1) is 12.2. The molecule has 10 heteroatoms. The van der Waals surface area contributed by atoms with Crippen LogP contribution in [0, 0.1) is 0 Å². The first-order valence-corrected chi connectivity index (χ1v) is 9.11. The predicted molar refractivity (Wildman–Crippen MR) is 91.3 cm³/mol. The van der Waals surface area contributed by atoms with Gasteiger partial charge in [-0.05, 0) is 42.3 Å². The Morgan fingerprint density at radius 2 is 1.85 bits per heavy atom. The van der Waals surface area contributed by atoms with Gasteiger partial charge in [0.2, 0.25) is 0 Å². The minimum Gasteiger partial charge on any atom is -0.481 e. The first kappa shape index (κ1) is 19.9. The molecule has 0 spiro atoms. The number of carboxylic acids is 1. The molecule has 0 saturated heterocycles. The van der Waals surface area contributed by atoms with Gasteiger partial charge in [-0.3, -0.25) is 9.52 Å². The minimum atomic E-state index is -3.93. The average molecular weight is 406 g/mol. The number of hydrogen-bond donors (Lipinski definition) is 2. The van der Waals surface area contributed by atoms with Crippen LogP contribution in [0.5, 0.6) is 5.75 Å². The number of rotatable bonds is 8. The summed E-state index contributed by atoms with van der Waals surface area (Å²) in [5, 5.41) is 8.47. The lowest BCUT2D eigenvalue weighted by atomic mass is 10.1. The molecular formula is C16H14ClF2NO5S. The van der Waals surface area contributed by atoms with E-state index in [1.165, 1.54) is 30.3 Å². The van der Waals surface area contributed by atoms with Gasteiger partial charge in [0.25, 0.3) is 10.0 Å². The van der Waals surface area contributed by atoms with Crippen molar-refractivity contribution in [1.29, 1.82) is 0 Å². The Balaban J connectivity index is 2.13. The highest BCUT2D eigenvalue weighted by molar-refractivity contribution is 7.92. The standard InChI is InChI=1S/C16H14ClF2NO5S/c17-13-9-11(4-7-14(13)25-16(18)19)20-26(23,24)12-5-1-10(2-6-12)3-8-15(21)22/h1-2,4-7,9,16,20H,3,8H2,(H,21,22).